The van der Waals surface area contributed by atoms with Gasteiger partial charge in [0, 0.05) is 24.5 Å². The maximum absolute atomic E-state index is 4.42. The first-order valence-electron chi connectivity index (χ1n) is 5.40. The summed E-state index contributed by atoms with van der Waals surface area (Å²) in [5, 5.41) is 2.11. The summed E-state index contributed by atoms with van der Waals surface area (Å²) >= 11 is 5.19. The van der Waals surface area contributed by atoms with Crippen LogP contribution in [0.3, 0.4) is 0 Å². The van der Waals surface area contributed by atoms with Gasteiger partial charge in [-0.15, -0.1) is 11.3 Å². The van der Waals surface area contributed by atoms with Gasteiger partial charge in [0.1, 0.15) is 16.2 Å². The highest BCUT2D eigenvalue weighted by atomic mass is 79.9. The molecule has 0 bridgehead atoms. The van der Waals surface area contributed by atoms with Crippen LogP contribution >= 0.6 is 27.3 Å². The van der Waals surface area contributed by atoms with Crippen molar-refractivity contribution in [3.63, 3.8) is 0 Å². The quantitative estimate of drug-likeness (QED) is 0.811. The first kappa shape index (κ1) is 12.5. The predicted molar refractivity (Wildman–Crippen MR) is 75.8 cm³/mol. The number of nitrogens with zero attached hydrogens (tertiary/aromatic N) is 3. The van der Waals surface area contributed by atoms with Crippen LogP contribution in [0, 0.1) is 6.92 Å². The van der Waals surface area contributed by atoms with E-state index in [9.17, 15) is 0 Å². The highest BCUT2D eigenvalue weighted by Crippen LogP contribution is 2.16. The van der Waals surface area contributed by atoms with Gasteiger partial charge in [-0.2, -0.15) is 0 Å². The standard InChI is InChI=1S/C12H14BrN3S/c1-9-14-11(13)8-12(15-9)16(2)6-5-10-4-3-7-17-10/h3-4,7-8H,5-6H2,1-2H3. The zero-order valence-corrected chi connectivity index (χ0v) is 12.3. The number of halogens is 1. The van der Waals surface area contributed by atoms with Gasteiger partial charge in [-0.1, -0.05) is 6.07 Å². The average Bonchev–Trinajstić information content (AvgIpc) is 2.77. The number of hydrogen-bond acceptors (Lipinski definition) is 4. The number of hydrogen-bond donors (Lipinski definition) is 0. The van der Waals surface area contributed by atoms with Crippen molar-refractivity contribution >= 4 is 33.1 Å². The fraction of sp³-hybridized carbons (Fsp3) is 0.333. The predicted octanol–water partition coefficient (Wildman–Crippen LogP) is 3.29. The Morgan fingerprint density at radius 1 is 1.41 bits per heavy atom. The molecule has 0 saturated heterocycles. The topological polar surface area (TPSA) is 29.0 Å². The Labute approximate surface area is 114 Å². The molecule has 3 nitrogen and oxygen atoms in total. The summed E-state index contributed by atoms with van der Waals surface area (Å²) in [5.41, 5.74) is 0. The number of aryl methyl sites for hydroxylation is 1. The van der Waals surface area contributed by atoms with Crippen molar-refractivity contribution in [2.75, 3.05) is 18.5 Å². The summed E-state index contributed by atoms with van der Waals surface area (Å²) in [6.07, 6.45) is 1.05. The van der Waals surface area contributed by atoms with E-state index < -0.39 is 0 Å². The first-order chi connectivity index (χ1) is 8.15. The van der Waals surface area contributed by atoms with Gasteiger partial charge in [0.25, 0.3) is 0 Å². The van der Waals surface area contributed by atoms with E-state index in [4.69, 9.17) is 0 Å². The van der Waals surface area contributed by atoms with Crippen molar-refractivity contribution in [2.24, 2.45) is 0 Å². The van der Waals surface area contributed by atoms with Crippen molar-refractivity contribution in [3.8, 4) is 0 Å². The summed E-state index contributed by atoms with van der Waals surface area (Å²) in [6.45, 7) is 2.87. The Bertz CT molecular complexity index is 464. The number of anilines is 1. The second-order valence-electron chi connectivity index (χ2n) is 3.85. The average molecular weight is 312 g/mol. The second kappa shape index (κ2) is 5.60. The van der Waals surface area contributed by atoms with Crippen LogP contribution in [0.25, 0.3) is 0 Å². The molecule has 0 N–H and O–H groups in total. The van der Waals surface area contributed by atoms with Gasteiger partial charge >= 0.3 is 0 Å². The van der Waals surface area contributed by atoms with Gasteiger partial charge in [-0.05, 0) is 40.7 Å². The van der Waals surface area contributed by atoms with Crippen LogP contribution in [-0.4, -0.2) is 23.6 Å². The molecule has 0 fully saturated rings. The van der Waals surface area contributed by atoms with Crippen molar-refractivity contribution < 1.29 is 0 Å². The molecule has 2 rings (SSSR count). The van der Waals surface area contributed by atoms with Gasteiger partial charge in [-0.3, -0.25) is 0 Å². The Morgan fingerprint density at radius 2 is 2.24 bits per heavy atom. The summed E-state index contributed by atoms with van der Waals surface area (Å²) in [7, 11) is 2.06. The van der Waals surface area contributed by atoms with Gasteiger partial charge < -0.3 is 4.90 Å². The van der Waals surface area contributed by atoms with Crippen molar-refractivity contribution in [1.82, 2.24) is 9.97 Å². The molecule has 2 aromatic heterocycles. The summed E-state index contributed by atoms with van der Waals surface area (Å²) < 4.78 is 0.836. The lowest BCUT2D eigenvalue weighted by atomic mass is 10.3. The molecule has 0 aliphatic heterocycles. The molecule has 0 spiro atoms. The molecule has 0 saturated carbocycles. The zero-order chi connectivity index (χ0) is 12.3. The number of likely N-dealkylation sites (N-methyl/N-ethyl adjacent to an activating group) is 1. The third kappa shape index (κ3) is 3.51. The fourth-order valence-electron chi connectivity index (χ4n) is 1.56. The highest BCUT2D eigenvalue weighted by Gasteiger charge is 2.05. The Kier molecular flexibility index (Phi) is 4.12. The number of aromatic nitrogens is 2. The van der Waals surface area contributed by atoms with Crippen LogP contribution in [0.2, 0.25) is 0 Å². The monoisotopic (exact) mass is 311 g/mol. The van der Waals surface area contributed by atoms with E-state index in [0.717, 1.165) is 29.2 Å². The van der Waals surface area contributed by atoms with E-state index >= 15 is 0 Å². The summed E-state index contributed by atoms with van der Waals surface area (Å²) in [4.78, 5) is 12.2. The molecular formula is C12H14BrN3S. The minimum Gasteiger partial charge on any atom is -0.359 e. The largest absolute Gasteiger partial charge is 0.359 e. The Morgan fingerprint density at radius 3 is 2.88 bits per heavy atom. The van der Waals surface area contributed by atoms with Crippen molar-refractivity contribution in [1.29, 1.82) is 0 Å². The van der Waals surface area contributed by atoms with Gasteiger partial charge in [-0.25, -0.2) is 9.97 Å². The zero-order valence-electron chi connectivity index (χ0n) is 9.85. The van der Waals surface area contributed by atoms with Gasteiger partial charge in [0.2, 0.25) is 0 Å². The molecular weight excluding hydrogens is 298 g/mol. The molecule has 0 aromatic carbocycles. The molecule has 0 aliphatic carbocycles. The van der Waals surface area contributed by atoms with Crippen molar-refractivity contribution in [2.45, 2.75) is 13.3 Å². The van der Waals surface area contributed by atoms with Crippen LogP contribution in [0.15, 0.2) is 28.2 Å². The molecule has 17 heavy (non-hydrogen) atoms. The van der Waals surface area contributed by atoms with E-state index in [2.05, 4.69) is 55.4 Å². The van der Waals surface area contributed by atoms with Crippen LogP contribution < -0.4 is 4.90 Å². The first-order valence-corrected chi connectivity index (χ1v) is 7.07. The van der Waals surface area contributed by atoms with Gasteiger partial charge in [0.05, 0.1) is 0 Å². The highest BCUT2D eigenvalue weighted by molar-refractivity contribution is 9.10. The maximum Gasteiger partial charge on any atom is 0.133 e. The van der Waals surface area contributed by atoms with E-state index in [0.29, 0.717) is 0 Å². The summed E-state index contributed by atoms with van der Waals surface area (Å²) in [6, 6.07) is 6.20. The van der Waals surface area contributed by atoms with Gasteiger partial charge in [0.15, 0.2) is 0 Å². The third-order valence-corrected chi connectivity index (χ3v) is 3.80. The summed E-state index contributed by atoms with van der Waals surface area (Å²) in [5.74, 6) is 1.75. The smallest absolute Gasteiger partial charge is 0.133 e. The van der Waals surface area contributed by atoms with E-state index in [1.807, 2.05) is 13.0 Å². The lowest BCUT2D eigenvalue weighted by molar-refractivity contribution is 0.854. The SMILES string of the molecule is Cc1nc(Br)cc(N(C)CCc2cccs2)n1. The third-order valence-electron chi connectivity index (χ3n) is 2.46. The number of thiophene rings is 1. The van der Waals surface area contributed by atoms with E-state index in [1.165, 1.54) is 4.88 Å². The Balaban J connectivity index is 2.01. The minimum atomic E-state index is 0.789. The maximum atomic E-state index is 4.42. The molecule has 0 aliphatic rings. The molecule has 2 aromatic rings. The number of rotatable bonds is 4. The van der Waals surface area contributed by atoms with E-state index in [1.54, 1.807) is 11.3 Å². The molecule has 5 heteroatoms. The van der Waals surface area contributed by atoms with Crippen LogP contribution in [-0.2, 0) is 6.42 Å². The molecule has 90 valence electrons. The second-order valence-corrected chi connectivity index (χ2v) is 5.69. The van der Waals surface area contributed by atoms with Crippen LogP contribution in [0.4, 0.5) is 5.82 Å². The fourth-order valence-corrected chi connectivity index (χ4v) is 2.72. The lowest BCUT2D eigenvalue weighted by Crippen LogP contribution is -2.21. The molecule has 0 amide bonds. The normalized spacial score (nSPS) is 10.5. The Hall–Kier alpha value is -0.940. The molecule has 2 heterocycles. The van der Waals surface area contributed by atoms with Crippen LogP contribution in [0.5, 0.6) is 0 Å². The molecule has 0 unspecified atom stereocenters. The molecule has 0 radical (unpaired) electrons. The van der Waals surface area contributed by atoms with Crippen LogP contribution in [0.1, 0.15) is 10.7 Å². The molecule has 0 atom stereocenters. The van der Waals surface area contributed by atoms with E-state index in [-0.39, 0.29) is 0 Å². The lowest BCUT2D eigenvalue weighted by Gasteiger charge is -2.18. The van der Waals surface area contributed by atoms with Crippen molar-refractivity contribution in [3.05, 3.63) is 38.9 Å². The minimum absolute atomic E-state index is 0.789.